The highest BCUT2D eigenvalue weighted by atomic mass is 127. The molecule has 0 bridgehead atoms. The third-order valence-electron chi connectivity index (χ3n) is 3.35. The van der Waals surface area contributed by atoms with E-state index in [0.29, 0.717) is 6.61 Å². The summed E-state index contributed by atoms with van der Waals surface area (Å²) in [5.74, 6) is 0.916. The largest absolute Gasteiger partial charge is 0.497 e. The van der Waals surface area contributed by atoms with Gasteiger partial charge in [0.25, 0.3) is 0 Å². The zero-order valence-electron chi connectivity index (χ0n) is 12.3. The number of ether oxygens (including phenoxy) is 2. The quantitative estimate of drug-likeness (QED) is 0.470. The van der Waals surface area contributed by atoms with Gasteiger partial charge in [-0.1, -0.05) is 24.3 Å². The summed E-state index contributed by atoms with van der Waals surface area (Å²) >= 11 is 2.31. The van der Waals surface area contributed by atoms with Gasteiger partial charge in [0.1, 0.15) is 5.75 Å². The molecule has 0 N–H and O–H groups in total. The SMILES string of the molecule is COc1ccc(CCCCOCc2ccc(I)cc2)cc1. The highest BCUT2D eigenvalue weighted by Gasteiger charge is 1.97. The lowest BCUT2D eigenvalue weighted by Crippen LogP contribution is -1.97. The van der Waals surface area contributed by atoms with Crippen LogP contribution in [0.3, 0.4) is 0 Å². The second-order valence-electron chi connectivity index (χ2n) is 4.98. The van der Waals surface area contributed by atoms with Crippen LogP contribution in [-0.2, 0) is 17.8 Å². The van der Waals surface area contributed by atoms with Crippen molar-refractivity contribution in [2.24, 2.45) is 0 Å². The fourth-order valence-electron chi connectivity index (χ4n) is 2.10. The van der Waals surface area contributed by atoms with E-state index in [9.17, 15) is 0 Å². The van der Waals surface area contributed by atoms with E-state index in [-0.39, 0.29) is 0 Å². The number of rotatable bonds is 8. The summed E-state index contributed by atoms with van der Waals surface area (Å²) in [4.78, 5) is 0. The van der Waals surface area contributed by atoms with E-state index in [4.69, 9.17) is 9.47 Å². The van der Waals surface area contributed by atoms with Gasteiger partial charge >= 0.3 is 0 Å². The first-order valence-electron chi connectivity index (χ1n) is 7.23. The molecule has 0 heterocycles. The molecule has 21 heavy (non-hydrogen) atoms. The van der Waals surface area contributed by atoms with Gasteiger partial charge in [0, 0.05) is 10.2 Å². The van der Waals surface area contributed by atoms with E-state index in [1.807, 2.05) is 12.1 Å². The van der Waals surface area contributed by atoms with Gasteiger partial charge in [0.2, 0.25) is 0 Å². The van der Waals surface area contributed by atoms with E-state index >= 15 is 0 Å². The Kier molecular flexibility index (Phi) is 7.03. The molecule has 0 aromatic heterocycles. The summed E-state index contributed by atoms with van der Waals surface area (Å²) in [6.45, 7) is 1.53. The number of methoxy groups -OCH3 is 1. The van der Waals surface area contributed by atoms with Crippen LogP contribution in [0, 0.1) is 3.57 Å². The zero-order valence-corrected chi connectivity index (χ0v) is 14.5. The Hall–Kier alpha value is -1.07. The van der Waals surface area contributed by atoms with Crippen LogP contribution >= 0.6 is 22.6 Å². The van der Waals surface area contributed by atoms with Crippen LogP contribution in [0.4, 0.5) is 0 Å². The molecule has 2 aromatic carbocycles. The van der Waals surface area contributed by atoms with Gasteiger partial charge < -0.3 is 9.47 Å². The van der Waals surface area contributed by atoms with Gasteiger partial charge in [-0.15, -0.1) is 0 Å². The van der Waals surface area contributed by atoms with Crippen LogP contribution in [0.5, 0.6) is 5.75 Å². The number of hydrogen-bond acceptors (Lipinski definition) is 2. The number of unbranched alkanes of at least 4 members (excludes halogenated alkanes) is 1. The molecule has 0 radical (unpaired) electrons. The maximum atomic E-state index is 5.71. The molecule has 0 aliphatic carbocycles. The van der Waals surface area contributed by atoms with E-state index in [2.05, 4.69) is 59.0 Å². The summed E-state index contributed by atoms with van der Waals surface area (Å²) < 4.78 is 12.1. The lowest BCUT2D eigenvalue weighted by Gasteiger charge is -2.06. The lowest BCUT2D eigenvalue weighted by atomic mass is 10.1. The van der Waals surface area contributed by atoms with Crippen molar-refractivity contribution in [1.82, 2.24) is 0 Å². The molecule has 112 valence electrons. The average Bonchev–Trinajstić information content (AvgIpc) is 2.53. The fourth-order valence-corrected chi connectivity index (χ4v) is 2.46. The van der Waals surface area contributed by atoms with Crippen molar-refractivity contribution in [3.63, 3.8) is 0 Å². The molecule has 0 amide bonds. The number of hydrogen-bond donors (Lipinski definition) is 0. The second kappa shape index (κ2) is 9.05. The summed E-state index contributed by atoms with van der Waals surface area (Å²) in [5.41, 5.74) is 2.60. The van der Waals surface area contributed by atoms with E-state index in [1.165, 1.54) is 14.7 Å². The third-order valence-corrected chi connectivity index (χ3v) is 4.06. The molecule has 0 saturated heterocycles. The van der Waals surface area contributed by atoms with Crippen LogP contribution in [0.2, 0.25) is 0 Å². The molecule has 3 heteroatoms. The Morgan fingerprint density at radius 1 is 0.857 bits per heavy atom. The van der Waals surface area contributed by atoms with Crippen LogP contribution < -0.4 is 4.74 Å². The van der Waals surface area contributed by atoms with E-state index < -0.39 is 0 Å². The van der Waals surface area contributed by atoms with Gasteiger partial charge in [0.05, 0.1) is 13.7 Å². The Labute approximate surface area is 140 Å². The maximum absolute atomic E-state index is 5.71. The lowest BCUT2D eigenvalue weighted by molar-refractivity contribution is 0.117. The third kappa shape index (κ3) is 6.06. The molecule has 0 atom stereocenters. The van der Waals surface area contributed by atoms with E-state index in [1.54, 1.807) is 7.11 Å². The fraction of sp³-hybridized carbons (Fsp3) is 0.333. The van der Waals surface area contributed by atoms with Crippen LogP contribution in [0.15, 0.2) is 48.5 Å². The van der Waals surface area contributed by atoms with Crippen LogP contribution in [-0.4, -0.2) is 13.7 Å². The maximum Gasteiger partial charge on any atom is 0.118 e. The molecule has 0 aliphatic heterocycles. The monoisotopic (exact) mass is 396 g/mol. The predicted octanol–water partition coefficient (Wildman–Crippen LogP) is 4.84. The molecule has 0 spiro atoms. The zero-order chi connectivity index (χ0) is 14.9. The summed E-state index contributed by atoms with van der Waals surface area (Å²) in [7, 11) is 1.69. The van der Waals surface area contributed by atoms with Gasteiger partial charge in [-0.05, 0) is 77.2 Å². The number of benzene rings is 2. The highest BCUT2D eigenvalue weighted by Crippen LogP contribution is 2.13. The van der Waals surface area contributed by atoms with Crippen molar-refractivity contribution in [2.75, 3.05) is 13.7 Å². The number of halogens is 1. The molecule has 0 aliphatic rings. The van der Waals surface area contributed by atoms with Crippen LogP contribution in [0.1, 0.15) is 24.0 Å². The minimum Gasteiger partial charge on any atom is -0.497 e. The van der Waals surface area contributed by atoms with Crippen LogP contribution in [0.25, 0.3) is 0 Å². The minimum absolute atomic E-state index is 0.708. The molecule has 2 rings (SSSR count). The minimum atomic E-state index is 0.708. The molecule has 2 nitrogen and oxygen atoms in total. The first kappa shape index (κ1) is 16.3. The second-order valence-corrected chi connectivity index (χ2v) is 6.23. The molecule has 2 aromatic rings. The topological polar surface area (TPSA) is 18.5 Å². The Balaban J connectivity index is 1.58. The van der Waals surface area contributed by atoms with Crippen molar-refractivity contribution in [3.05, 3.63) is 63.2 Å². The van der Waals surface area contributed by atoms with Crippen molar-refractivity contribution in [2.45, 2.75) is 25.9 Å². The molecular formula is C18H21IO2. The standard InChI is InChI=1S/C18H21IO2/c1-20-18-11-7-15(8-12-18)4-2-3-13-21-14-16-5-9-17(19)10-6-16/h5-12H,2-4,13-14H2,1H3. The molecular weight excluding hydrogens is 375 g/mol. The smallest absolute Gasteiger partial charge is 0.118 e. The summed E-state index contributed by atoms with van der Waals surface area (Å²) in [6, 6.07) is 16.8. The van der Waals surface area contributed by atoms with Crippen molar-refractivity contribution in [1.29, 1.82) is 0 Å². The Morgan fingerprint density at radius 3 is 2.19 bits per heavy atom. The van der Waals surface area contributed by atoms with E-state index in [0.717, 1.165) is 31.6 Å². The van der Waals surface area contributed by atoms with Gasteiger partial charge in [-0.25, -0.2) is 0 Å². The summed E-state index contributed by atoms with van der Waals surface area (Å²) in [5, 5.41) is 0. The average molecular weight is 396 g/mol. The Morgan fingerprint density at radius 2 is 1.52 bits per heavy atom. The summed E-state index contributed by atoms with van der Waals surface area (Å²) in [6.07, 6.45) is 3.34. The van der Waals surface area contributed by atoms with Gasteiger partial charge in [0.15, 0.2) is 0 Å². The predicted molar refractivity (Wildman–Crippen MR) is 94.7 cm³/mol. The first-order valence-corrected chi connectivity index (χ1v) is 8.31. The van der Waals surface area contributed by atoms with Crippen molar-refractivity contribution < 1.29 is 9.47 Å². The van der Waals surface area contributed by atoms with Crippen molar-refractivity contribution >= 4 is 22.6 Å². The Bertz CT molecular complexity index is 520. The van der Waals surface area contributed by atoms with Crippen molar-refractivity contribution in [3.8, 4) is 5.75 Å². The van der Waals surface area contributed by atoms with Gasteiger partial charge in [-0.2, -0.15) is 0 Å². The highest BCUT2D eigenvalue weighted by molar-refractivity contribution is 14.1. The number of aryl methyl sites for hydroxylation is 1. The molecule has 0 unspecified atom stereocenters. The molecule has 0 fully saturated rings. The first-order chi connectivity index (χ1) is 10.3. The molecule has 0 saturated carbocycles. The van der Waals surface area contributed by atoms with Gasteiger partial charge in [-0.3, -0.25) is 0 Å². The normalized spacial score (nSPS) is 10.6.